The van der Waals surface area contributed by atoms with E-state index in [1.54, 1.807) is 4.90 Å². The van der Waals surface area contributed by atoms with Crippen LogP contribution < -0.4 is 0 Å². The molecule has 2 heteroatoms. The summed E-state index contributed by atoms with van der Waals surface area (Å²) in [6.07, 6.45) is 6.22. The SMILES string of the molecule is C#CCN(CCC)C(=O)c1ccc(C(C)(C)C)cc1. The smallest absolute Gasteiger partial charge is 0.254 e. The molecule has 0 aliphatic heterocycles. The lowest BCUT2D eigenvalue weighted by atomic mass is 9.86. The van der Waals surface area contributed by atoms with E-state index in [2.05, 4.69) is 26.7 Å². The summed E-state index contributed by atoms with van der Waals surface area (Å²) in [5, 5.41) is 0. The van der Waals surface area contributed by atoms with Crippen LogP contribution in [-0.4, -0.2) is 23.9 Å². The van der Waals surface area contributed by atoms with E-state index in [1.165, 1.54) is 5.56 Å². The van der Waals surface area contributed by atoms with Crippen molar-refractivity contribution in [2.75, 3.05) is 13.1 Å². The van der Waals surface area contributed by atoms with Crippen LogP contribution in [0.2, 0.25) is 0 Å². The van der Waals surface area contributed by atoms with Crippen molar-refractivity contribution in [2.24, 2.45) is 0 Å². The third-order valence-corrected chi connectivity index (χ3v) is 3.06. The minimum Gasteiger partial charge on any atom is -0.328 e. The Balaban J connectivity index is 2.91. The van der Waals surface area contributed by atoms with Gasteiger partial charge in [0.05, 0.1) is 6.54 Å². The highest BCUT2D eigenvalue weighted by atomic mass is 16.2. The average Bonchev–Trinajstić information content (AvgIpc) is 2.37. The molecule has 0 saturated carbocycles. The zero-order chi connectivity index (χ0) is 14.5. The quantitative estimate of drug-likeness (QED) is 0.756. The third kappa shape index (κ3) is 4.13. The fourth-order valence-electron chi connectivity index (χ4n) is 1.93. The van der Waals surface area contributed by atoms with Crippen molar-refractivity contribution in [1.29, 1.82) is 0 Å². The molecule has 0 saturated heterocycles. The molecular weight excluding hydrogens is 234 g/mol. The first-order valence-electron chi connectivity index (χ1n) is 6.73. The Hall–Kier alpha value is -1.75. The van der Waals surface area contributed by atoms with Gasteiger partial charge in [0.15, 0.2) is 0 Å². The van der Waals surface area contributed by atoms with Crippen LogP contribution >= 0.6 is 0 Å². The van der Waals surface area contributed by atoms with Crippen LogP contribution in [0.4, 0.5) is 0 Å². The second kappa shape index (κ2) is 6.43. The first-order valence-corrected chi connectivity index (χ1v) is 6.73. The van der Waals surface area contributed by atoms with Gasteiger partial charge in [-0.2, -0.15) is 0 Å². The van der Waals surface area contributed by atoms with Crippen LogP contribution in [0.15, 0.2) is 24.3 Å². The highest BCUT2D eigenvalue weighted by molar-refractivity contribution is 5.94. The van der Waals surface area contributed by atoms with Gasteiger partial charge in [0, 0.05) is 12.1 Å². The van der Waals surface area contributed by atoms with E-state index in [0.717, 1.165) is 6.42 Å². The lowest BCUT2D eigenvalue weighted by molar-refractivity contribution is 0.0777. The topological polar surface area (TPSA) is 20.3 Å². The van der Waals surface area contributed by atoms with E-state index in [9.17, 15) is 4.79 Å². The minimum atomic E-state index is 0.0141. The summed E-state index contributed by atoms with van der Waals surface area (Å²) in [5.74, 6) is 2.56. The minimum absolute atomic E-state index is 0.0141. The van der Waals surface area contributed by atoms with Gasteiger partial charge in [0.2, 0.25) is 0 Å². The number of hydrogen-bond donors (Lipinski definition) is 0. The number of hydrogen-bond acceptors (Lipinski definition) is 1. The standard InChI is InChI=1S/C17H23NO/c1-6-12-18(13-7-2)16(19)14-8-10-15(11-9-14)17(3,4)5/h1,8-11H,7,12-13H2,2-5H3. The fraction of sp³-hybridized carbons (Fsp3) is 0.471. The first kappa shape index (κ1) is 15.3. The van der Waals surface area contributed by atoms with Gasteiger partial charge in [-0.1, -0.05) is 45.7 Å². The molecule has 0 aliphatic rings. The molecule has 1 aromatic rings. The van der Waals surface area contributed by atoms with Gasteiger partial charge < -0.3 is 4.90 Å². The molecule has 0 N–H and O–H groups in total. The van der Waals surface area contributed by atoms with Crippen molar-refractivity contribution >= 4 is 5.91 Å². The molecule has 2 nitrogen and oxygen atoms in total. The zero-order valence-corrected chi connectivity index (χ0v) is 12.4. The van der Waals surface area contributed by atoms with E-state index in [1.807, 2.05) is 31.2 Å². The summed E-state index contributed by atoms with van der Waals surface area (Å²) in [7, 11) is 0. The van der Waals surface area contributed by atoms with Crippen LogP contribution in [0, 0.1) is 12.3 Å². The molecule has 0 radical (unpaired) electrons. The maximum absolute atomic E-state index is 12.3. The number of rotatable bonds is 4. The molecule has 19 heavy (non-hydrogen) atoms. The van der Waals surface area contributed by atoms with Crippen molar-refractivity contribution < 1.29 is 4.79 Å². The summed E-state index contributed by atoms with van der Waals surface area (Å²) < 4.78 is 0. The first-order chi connectivity index (χ1) is 8.90. The summed E-state index contributed by atoms with van der Waals surface area (Å²) in [4.78, 5) is 14.0. The molecule has 102 valence electrons. The van der Waals surface area contributed by atoms with Crippen LogP contribution in [-0.2, 0) is 5.41 Å². The zero-order valence-electron chi connectivity index (χ0n) is 12.4. The molecule has 0 unspecified atom stereocenters. The number of benzene rings is 1. The van der Waals surface area contributed by atoms with Gasteiger partial charge in [0.1, 0.15) is 0 Å². The Bertz CT molecular complexity index is 460. The second-order valence-electron chi connectivity index (χ2n) is 5.76. The van der Waals surface area contributed by atoms with Gasteiger partial charge in [0.25, 0.3) is 5.91 Å². The summed E-state index contributed by atoms with van der Waals surface area (Å²) in [6, 6.07) is 7.82. The molecule has 0 atom stereocenters. The Kier molecular flexibility index (Phi) is 5.18. The molecule has 0 heterocycles. The molecule has 0 aliphatic carbocycles. The maximum atomic E-state index is 12.3. The molecule has 0 fully saturated rings. The summed E-state index contributed by atoms with van der Waals surface area (Å²) >= 11 is 0. The van der Waals surface area contributed by atoms with Crippen LogP contribution in [0.5, 0.6) is 0 Å². The van der Waals surface area contributed by atoms with E-state index in [-0.39, 0.29) is 11.3 Å². The normalized spacial score (nSPS) is 10.9. The van der Waals surface area contributed by atoms with Gasteiger partial charge >= 0.3 is 0 Å². The molecular formula is C17H23NO. The van der Waals surface area contributed by atoms with Gasteiger partial charge in [-0.25, -0.2) is 0 Å². The molecule has 0 spiro atoms. The van der Waals surface area contributed by atoms with Crippen LogP contribution in [0.1, 0.15) is 50.0 Å². The molecule has 0 aromatic heterocycles. The predicted molar refractivity (Wildman–Crippen MR) is 80.2 cm³/mol. The largest absolute Gasteiger partial charge is 0.328 e. The summed E-state index contributed by atoms with van der Waals surface area (Å²) in [6.45, 7) is 9.58. The van der Waals surface area contributed by atoms with E-state index in [0.29, 0.717) is 18.7 Å². The Morgan fingerprint density at radius 3 is 2.26 bits per heavy atom. The average molecular weight is 257 g/mol. The number of amides is 1. The third-order valence-electron chi connectivity index (χ3n) is 3.06. The Morgan fingerprint density at radius 1 is 1.26 bits per heavy atom. The molecule has 1 amide bonds. The van der Waals surface area contributed by atoms with E-state index < -0.39 is 0 Å². The number of carbonyl (C=O) groups is 1. The summed E-state index contributed by atoms with van der Waals surface area (Å²) in [5.41, 5.74) is 2.03. The van der Waals surface area contributed by atoms with Crippen molar-refractivity contribution in [3.8, 4) is 12.3 Å². The van der Waals surface area contributed by atoms with Crippen molar-refractivity contribution in [1.82, 2.24) is 4.90 Å². The highest BCUT2D eigenvalue weighted by Crippen LogP contribution is 2.22. The van der Waals surface area contributed by atoms with E-state index in [4.69, 9.17) is 6.42 Å². The van der Waals surface area contributed by atoms with Crippen molar-refractivity contribution in [3.05, 3.63) is 35.4 Å². The fourth-order valence-corrected chi connectivity index (χ4v) is 1.93. The molecule has 0 bridgehead atoms. The molecule has 1 rings (SSSR count). The second-order valence-corrected chi connectivity index (χ2v) is 5.76. The Morgan fingerprint density at radius 2 is 1.84 bits per heavy atom. The van der Waals surface area contributed by atoms with Crippen LogP contribution in [0.25, 0.3) is 0 Å². The Labute approximate surface area is 116 Å². The number of terminal acetylenes is 1. The van der Waals surface area contributed by atoms with E-state index >= 15 is 0 Å². The van der Waals surface area contributed by atoms with Gasteiger partial charge in [-0.05, 0) is 29.5 Å². The van der Waals surface area contributed by atoms with Crippen molar-refractivity contribution in [2.45, 2.75) is 39.5 Å². The van der Waals surface area contributed by atoms with Gasteiger partial charge in [-0.3, -0.25) is 4.79 Å². The lowest BCUT2D eigenvalue weighted by Crippen LogP contribution is -2.32. The van der Waals surface area contributed by atoms with Crippen molar-refractivity contribution in [3.63, 3.8) is 0 Å². The number of nitrogens with zero attached hydrogens (tertiary/aromatic N) is 1. The van der Waals surface area contributed by atoms with Crippen LogP contribution in [0.3, 0.4) is 0 Å². The van der Waals surface area contributed by atoms with Gasteiger partial charge in [-0.15, -0.1) is 6.42 Å². The molecule has 1 aromatic carbocycles. The highest BCUT2D eigenvalue weighted by Gasteiger charge is 2.17. The predicted octanol–water partition coefficient (Wildman–Crippen LogP) is 3.47. The monoisotopic (exact) mass is 257 g/mol. The maximum Gasteiger partial charge on any atom is 0.254 e. The lowest BCUT2D eigenvalue weighted by Gasteiger charge is -2.21. The number of carbonyl (C=O) groups excluding carboxylic acids is 1.